The molecule has 2 aliphatic heterocycles. The maximum atomic E-state index is 12.0. The molecule has 2 saturated heterocycles. The molecule has 2 fully saturated rings. The number of carboxylic acid groups (broad SMARTS) is 1. The molecule has 0 aliphatic carbocycles. The van der Waals surface area contributed by atoms with Crippen molar-refractivity contribution in [3.05, 3.63) is 47.3 Å². The van der Waals surface area contributed by atoms with Gasteiger partial charge >= 0.3 is 5.97 Å². The minimum absolute atomic E-state index is 0.0869. The number of β-amino-alcohol motifs (C(OH)–C–C–N with tert-alkyl or cyclic N) is 1. The van der Waals surface area contributed by atoms with Gasteiger partial charge in [-0.25, -0.2) is 0 Å². The van der Waals surface area contributed by atoms with Crippen LogP contribution in [-0.4, -0.2) is 65.3 Å². The lowest BCUT2D eigenvalue weighted by molar-refractivity contribution is -0.149. The molecule has 3 heterocycles. The van der Waals surface area contributed by atoms with Crippen LogP contribution in [0, 0.1) is 11.3 Å². The van der Waals surface area contributed by atoms with Crippen LogP contribution in [-0.2, 0) is 11.3 Å². The van der Waals surface area contributed by atoms with E-state index in [1.54, 1.807) is 11.3 Å². The first-order valence-electron chi connectivity index (χ1n) is 9.04. The van der Waals surface area contributed by atoms with Gasteiger partial charge in [0.15, 0.2) is 0 Å². The van der Waals surface area contributed by atoms with E-state index in [-0.39, 0.29) is 12.5 Å². The van der Waals surface area contributed by atoms with Gasteiger partial charge in [0.05, 0.1) is 12.0 Å². The van der Waals surface area contributed by atoms with Crippen molar-refractivity contribution in [2.24, 2.45) is 11.3 Å². The summed E-state index contributed by atoms with van der Waals surface area (Å²) >= 11 is 1.78. The number of nitrogens with zero attached hydrogens (tertiary/aromatic N) is 2. The van der Waals surface area contributed by atoms with Gasteiger partial charge in [-0.05, 0) is 17.7 Å². The maximum absolute atomic E-state index is 12.0. The minimum atomic E-state index is -0.693. The van der Waals surface area contributed by atoms with Crippen LogP contribution < -0.4 is 0 Å². The van der Waals surface area contributed by atoms with Crippen molar-refractivity contribution in [1.29, 1.82) is 0 Å². The van der Waals surface area contributed by atoms with Crippen molar-refractivity contribution in [1.82, 2.24) is 9.80 Å². The summed E-state index contributed by atoms with van der Waals surface area (Å²) in [4.78, 5) is 18.9. The van der Waals surface area contributed by atoms with Crippen LogP contribution in [0.15, 0.2) is 42.5 Å². The molecule has 0 saturated carbocycles. The lowest BCUT2D eigenvalue weighted by Gasteiger charge is -2.25. The SMILES string of the molecule is O=C(O)[C@@]12CN(CCO)C[C@@H]1CN(Cc1ccc(-c3ccccc3)s1)C2. The van der Waals surface area contributed by atoms with Crippen molar-refractivity contribution in [3.8, 4) is 10.4 Å². The molecule has 1 aromatic heterocycles. The average molecular weight is 372 g/mol. The highest BCUT2D eigenvalue weighted by Gasteiger charge is 2.57. The lowest BCUT2D eigenvalue weighted by atomic mass is 9.81. The van der Waals surface area contributed by atoms with E-state index < -0.39 is 11.4 Å². The van der Waals surface area contributed by atoms with E-state index in [0.29, 0.717) is 19.6 Å². The third kappa shape index (κ3) is 3.18. The monoisotopic (exact) mass is 372 g/mol. The summed E-state index contributed by atoms with van der Waals surface area (Å²) in [5, 5.41) is 19.0. The number of benzene rings is 1. The van der Waals surface area contributed by atoms with Gasteiger partial charge in [0.2, 0.25) is 0 Å². The average Bonchev–Trinajstić information content (AvgIpc) is 3.29. The molecular formula is C20H24N2O3S. The highest BCUT2D eigenvalue weighted by Crippen LogP contribution is 2.43. The Bertz CT molecular complexity index is 778. The number of aliphatic hydroxyl groups is 1. The summed E-state index contributed by atoms with van der Waals surface area (Å²) in [6.45, 7) is 4.18. The van der Waals surface area contributed by atoms with Gasteiger partial charge in [0.1, 0.15) is 0 Å². The number of rotatable bonds is 6. The summed E-state index contributed by atoms with van der Waals surface area (Å²) in [6.07, 6.45) is 0. The summed E-state index contributed by atoms with van der Waals surface area (Å²) in [7, 11) is 0. The third-order valence-corrected chi connectivity index (χ3v) is 6.81. The molecule has 138 valence electrons. The number of likely N-dealkylation sites (tertiary alicyclic amines) is 2. The second-order valence-electron chi connectivity index (χ2n) is 7.42. The zero-order valence-electron chi connectivity index (χ0n) is 14.7. The molecule has 0 spiro atoms. The van der Waals surface area contributed by atoms with E-state index in [2.05, 4.69) is 34.1 Å². The fourth-order valence-corrected chi connectivity index (χ4v) is 5.50. The molecule has 4 rings (SSSR count). The van der Waals surface area contributed by atoms with Gasteiger partial charge < -0.3 is 10.2 Å². The van der Waals surface area contributed by atoms with Crippen LogP contribution in [0.4, 0.5) is 0 Å². The number of hydrogen-bond acceptors (Lipinski definition) is 5. The Hall–Kier alpha value is -1.73. The number of fused-ring (bicyclic) bond motifs is 1. The van der Waals surface area contributed by atoms with E-state index in [4.69, 9.17) is 5.11 Å². The standard InChI is InChI=1S/C20H24N2O3S/c23-9-8-21-10-16-11-22(14-20(16,13-21)19(24)25)12-17-6-7-18(26-17)15-4-2-1-3-5-15/h1-7,16,23H,8-14H2,(H,24,25)/t16-,20-/m1/s1. The molecule has 6 heteroatoms. The first kappa shape index (κ1) is 17.7. The van der Waals surface area contributed by atoms with Crippen LogP contribution in [0.5, 0.6) is 0 Å². The molecular weight excluding hydrogens is 348 g/mol. The molecule has 0 bridgehead atoms. The summed E-state index contributed by atoms with van der Waals surface area (Å²) in [5.74, 6) is -0.554. The number of thiophene rings is 1. The lowest BCUT2D eigenvalue weighted by Crippen LogP contribution is -2.41. The highest BCUT2D eigenvalue weighted by atomic mass is 32.1. The molecule has 2 aromatic rings. The fraction of sp³-hybridized carbons (Fsp3) is 0.450. The predicted molar refractivity (Wildman–Crippen MR) is 102 cm³/mol. The van der Waals surface area contributed by atoms with Crippen molar-refractivity contribution in [3.63, 3.8) is 0 Å². The Morgan fingerprint density at radius 2 is 1.85 bits per heavy atom. The first-order valence-corrected chi connectivity index (χ1v) is 9.85. The van der Waals surface area contributed by atoms with Crippen molar-refractivity contribution in [2.45, 2.75) is 6.54 Å². The van der Waals surface area contributed by atoms with Crippen LogP contribution in [0.25, 0.3) is 10.4 Å². The fourth-order valence-electron chi connectivity index (χ4n) is 4.45. The van der Waals surface area contributed by atoms with E-state index in [1.165, 1.54) is 15.3 Å². The number of carbonyl (C=O) groups is 1. The third-order valence-electron chi connectivity index (χ3n) is 5.69. The molecule has 2 N–H and O–H groups in total. The van der Waals surface area contributed by atoms with Gasteiger partial charge in [-0.15, -0.1) is 11.3 Å². The second kappa shape index (κ2) is 7.12. The van der Waals surface area contributed by atoms with Gasteiger partial charge in [-0.2, -0.15) is 0 Å². The van der Waals surface area contributed by atoms with Crippen LogP contribution >= 0.6 is 11.3 Å². The highest BCUT2D eigenvalue weighted by molar-refractivity contribution is 7.15. The molecule has 1 aromatic carbocycles. The van der Waals surface area contributed by atoms with Crippen LogP contribution in [0.2, 0.25) is 0 Å². The topological polar surface area (TPSA) is 64.0 Å². The maximum Gasteiger partial charge on any atom is 0.312 e. The Labute approximate surface area is 157 Å². The molecule has 0 radical (unpaired) electrons. The normalized spacial score (nSPS) is 26.3. The summed E-state index contributed by atoms with van der Waals surface area (Å²) in [5.41, 5.74) is 0.540. The van der Waals surface area contributed by atoms with Gasteiger partial charge in [0.25, 0.3) is 0 Å². The van der Waals surface area contributed by atoms with E-state index >= 15 is 0 Å². The summed E-state index contributed by atoms with van der Waals surface area (Å²) < 4.78 is 0. The predicted octanol–water partition coefficient (Wildman–Crippen LogP) is 2.23. The van der Waals surface area contributed by atoms with Gasteiger partial charge in [-0.1, -0.05) is 30.3 Å². The smallest absolute Gasteiger partial charge is 0.312 e. The molecule has 0 unspecified atom stereocenters. The van der Waals surface area contributed by atoms with Crippen LogP contribution in [0.3, 0.4) is 0 Å². The Balaban J connectivity index is 1.45. The Kier molecular flexibility index (Phi) is 4.84. The molecule has 2 atom stereocenters. The Morgan fingerprint density at radius 1 is 1.12 bits per heavy atom. The van der Waals surface area contributed by atoms with E-state index in [1.807, 2.05) is 18.2 Å². The Morgan fingerprint density at radius 3 is 2.54 bits per heavy atom. The van der Waals surface area contributed by atoms with Crippen molar-refractivity contribution in [2.75, 3.05) is 39.3 Å². The second-order valence-corrected chi connectivity index (χ2v) is 8.59. The first-order chi connectivity index (χ1) is 12.6. The van der Waals surface area contributed by atoms with E-state index in [9.17, 15) is 9.90 Å². The minimum Gasteiger partial charge on any atom is -0.481 e. The van der Waals surface area contributed by atoms with Gasteiger partial charge in [0, 0.05) is 54.9 Å². The zero-order valence-corrected chi connectivity index (χ0v) is 15.5. The molecule has 2 aliphatic rings. The number of hydrogen-bond donors (Lipinski definition) is 2. The molecule has 0 amide bonds. The number of carboxylic acids is 1. The van der Waals surface area contributed by atoms with Crippen LogP contribution in [0.1, 0.15) is 4.88 Å². The summed E-state index contributed by atoms with van der Waals surface area (Å²) in [6, 6.07) is 14.7. The molecule has 5 nitrogen and oxygen atoms in total. The van der Waals surface area contributed by atoms with E-state index in [0.717, 1.165) is 19.6 Å². The largest absolute Gasteiger partial charge is 0.481 e. The molecule has 26 heavy (non-hydrogen) atoms. The number of aliphatic carboxylic acids is 1. The quantitative estimate of drug-likeness (QED) is 0.814. The zero-order chi connectivity index (χ0) is 18.1. The number of aliphatic hydroxyl groups excluding tert-OH is 1. The van der Waals surface area contributed by atoms with Crippen molar-refractivity contribution >= 4 is 17.3 Å². The van der Waals surface area contributed by atoms with Crippen molar-refractivity contribution < 1.29 is 15.0 Å². The van der Waals surface area contributed by atoms with Gasteiger partial charge in [-0.3, -0.25) is 14.6 Å².